The molecule has 0 aliphatic rings. The summed E-state index contributed by atoms with van der Waals surface area (Å²) in [7, 11) is 1.71. The summed E-state index contributed by atoms with van der Waals surface area (Å²) in [5.41, 5.74) is 0. The summed E-state index contributed by atoms with van der Waals surface area (Å²) in [6, 6.07) is 0. The smallest absolute Gasteiger partial charge is 0.139 e. The Morgan fingerprint density at radius 3 is 2.50 bits per heavy atom. The van der Waals surface area contributed by atoms with Crippen molar-refractivity contribution in [2.45, 2.75) is 6.92 Å². The van der Waals surface area contributed by atoms with Gasteiger partial charge in [0, 0.05) is 7.05 Å². The lowest BCUT2D eigenvalue weighted by Gasteiger charge is -2.11. The molecule has 3 nitrogen and oxygen atoms in total. The second-order valence-corrected chi connectivity index (χ2v) is 1.63. The first kappa shape index (κ1) is 7.14. The van der Waals surface area contributed by atoms with Crippen LogP contribution in [-0.2, 0) is 4.79 Å². The van der Waals surface area contributed by atoms with Crippen LogP contribution in [-0.4, -0.2) is 30.6 Å². The molecule has 0 unspecified atom stereocenters. The summed E-state index contributed by atoms with van der Waals surface area (Å²) in [6.07, 6.45) is 0.776. The van der Waals surface area contributed by atoms with E-state index in [9.17, 15) is 4.79 Å². The van der Waals surface area contributed by atoms with E-state index in [4.69, 9.17) is 5.41 Å². The van der Waals surface area contributed by atoms with Crippen LogP contribution in [0, 0.1) is 5.41 Å². The average Bonchev–Trinajstić information content (AvgIpc) is 1.67. The molecule has 0 spiro atoms. The molecule has 0 saturated carbocycles. The minimum Gasteiger partial charge on any atom is -0.357 e. The zero-order chi connectivity index (χ0) is 6.57. The lowest BCUT2D eigenvalue weighted by Crippen LogP contribution is -2.24. The van der Waals surface area contributed by atoms with Crippen LogP contribution in [0.2, 0.25) is 0 Å². The molecule has 1 N–H and O–H groups in total. The van der Waals surface area contributed by atoms with Crippen molar-refractivity contribution in [2.75, 3.05) is 13.6 Å². The number of rotatable bonds is 2. The van der Waals surface area contributed by atoms with Crippen molar-refractivity contribution < 1.29 is 4.79 Å². The molecule has 8 heavy (non-hydrogen) atoms. The van der Waals surface area contributed by atoms with E-state index in [-0.39, 0.29) is 0 Å². The Labute approximate surface area is 48.8 Å². The number of nitrogens with zero attached hydrogens (tertiary/aromatic N) is 1. The Morgan fingerprint density at radius 1 is 1.88 bits per heavy atom. The van der Waals surface area contributed by atoms with E-state index in [2.05, 4.69) is 0 Å². The molecule has 0 aromatic rings. The number of aldehydes is 1. The van der Waals surface area contributed by atoms with Gasteiger partial charge in [0.15, 0.2) is 0 Å². The van der Waals surface area contributed by atoms with E-state index in [0.29, 0.717) is 12.4 Å². The molecule has 3 heteroatoms. The summed E-state index contributed by atoms with van der Waals surface area (Å²) < 4.78 is 0. The highest BCUT2D eigenvalue weighted by Crippen LogP contribution is 1.78. The first-order valence-corrected chi connectivity index (χ1v) is 2.38. The van der Waals surface area contributed by atoms with E-state index >= 15 is 0 Å². The molecule has 46 valence electrons. The molecule has 0 amide bonds. The Morgan fingerprint density at radius 2 is 2.38 bits per heavy atom. The third-order valence-corrected chi connectivity index (χ3v) is 0.921. The quantitative estimate of drug-likeness (QED) is 0.314. The van der Waals surface area contributed by atoms with Crippen molar-refractivity contribution >= 4 is 12.1 Å². The van der Waals surface area contributed by atoms with Crippen LogP contribution in [0.4, 0.5) is 0 Å². The fourth-order valence-electron chi connectivity index (χ4n) is 0.249. The number of likely N-dealkylation sites (N-methyl/N-ethyl adjacent to an activating group) is 1. The van der Waals surface area contributed by atoms with Gasteiger partial charge < -0.3 is 9.69 Å². The number of carbonyl (C=O) groups excluding carboxylic acids is 1. The van der Waals surface area contributed by atoms with Crippen LogP contribution in [0.1, 0.15) is 6.92 Å². The summed E-state index contributed by atoms with van der Waals surface area (Å²) in [4.78, 5) is 11.3. The van der Waals surface area contributed by atoms with E-state index in [0.717, 1.165) is 6.29 Å². The monoisotopic (exact) mass is 114 g/mol. The maximum atomic E-state index is 9.78. The van der Waals surface area contributed by atoms with Crippen LogP contribution in [0.15, 0.2) is 0 Å². The normalized spacial score (nSPS) is 8.25. The fourth-order valence-corrected chi connectivity index (χ4v) is 0.249. The number of nitrogens with one attached hydrogen (secondary N) is 1. The third-order valence-electron chi connectivity index (χ3n) is 0.921. The molecule has 0 heterocycles. The van der Waals surface area contributed by atoms with Crippen molar-refractivity contribution in [3.8, 4) is 0 Å². The largest absolute Gasteiger partial charge is 0.357 e. The van der Waals surface area contributed by atoms with Gasteiger partial charge in [-0.2, -0.15) is 0 Å². The Bertz CT molecular complexity index is 101. The molecule has 0 radical (unpaired) electrons. The van der Waals surface area contributed by atoms with Crippen molar-refractivity contribution in [1.82, 2.24) is 4.90 Å². The summed E-state index contributed by atoms with van der Waals surface area (Å²) >= 11 is 0. The van der Waals surface area contributed by atoms with Gasteiger partial charge in [0.05, 0.1) is 12.4 Å². The van der Waals surface area contributed by atoms with Crippen molar-refractivity contribution in [1.29, 1.82) is 5.41 Å². The van der Waals surface area contributed by atoms with Gasteiger partial charge in [-0.3, -0.25) is 5.41 Å². The molecule has 0 atom stereocenters. The molecular weight excluding hydrogens is 104 g/mol. The van der Waals surface area contributed by atoms with E-state index in [1.165, 1.54) is 0 Å². The third kappa shape index (κ3) is 2.34. The predicted molar refractivity (Wildman–Crippen MR) is 32.1 cm³/mol. The van der Waals surface area contributed by atoms with Crippen molar-refractivity contribution in [2.24, 2.45) is 0 Å². The zero-order valence-corrected chi connectivity index (χ0v) is 5.14. The fraction of sp³-hybridized carbons (Fsp3) is 0.600. The first-order chi connectivity index (χ1) is 3.68. The van der Waals surface area contributed by atoms with E-state index in [1.807, 2.05) is 0 Å². The van der Waals surface area contributed by atoms with Gasteiger partial charge in [-0.05, 0) is 6.92 Å². The Hall–Kier alpha value is -0.860. The molecule has 0 aliphatic carbocycles. The molecule has 0 aliphatic heterocycles. The molecule has 0 aromatic carbocycles. The maximum absolute atomic E-state index is 9.78. The van der Waals surface area contributed by atoms with Crippen LogP contribution < -0.4 is 0 Å². The van der Waals surface area contributed by atoms with Gasteiger partial charge in [0.25, 0.3) is 0 Å². The zero-order valence-electron chi connectivity index (χ0n) is 5.14. The highest BCUT2D eigenvalue weighted by Gasteiger charge is 1.92. The van der Waals surface area contributed by atoms with Gasteiger partial charge in [-0.1, -0.05) is 0 Å². The highest BCUT2D eigenvalue weighted by atomic mass is 16.1. The van der Waals surface area contributed by atoms with Crippen LogP contribution in [0.3, 0.4) is 0 Å². The lowest BCUT2D eigenvalue weighted by molar-refractivity contribution is -0.108. The van der Waals surface area contributed by atoms with Crippen molar-refractivity contribution in [3.05, 3.63) is 0 Å². The minimum absolute atomic E-state index is 0.315. The van der Waals surface area contributed by atoms with E-state index in [1.54, 1.807) is 18.9 Å². The highest BCUT2D eigenvalue weighted by molar-refractivity contribution is 5.78. The van der Waals surface area contributed by atoms with Crippen LogP contribution >= 0.6 is 0 Å². The number of carbonyl (C=O) groups is 1. The first-order valence-electron chi connectivity index (χ1n) is 2.38. The average molecular weight is 114 g/mol. The van der Waals surface area contributed by atoms with Gasteiger partial charge in [-0.25, -0.2) is 0 Å². The molecule has 0 rings (SSSR count). The molecule has 0 saturated heterocycles. The number of hydrogen-bond donors (Lipinski definition) is 1. The van der Waals surface area contributed by atoms with Gasteiger partial charge in [-0.15, -0.1) is 0 Å². The minimum atomic E-state index is 0.315. The molecule has 0 bridgehead atoms. The Kier molecular flexibility index (Phi) is 2.84. The second kappa shape index (κ2) is 3.18. The van der Waals surface area contributed by atoms with Gasteiger partial charge >= 0.3 is 0 Å². The maximum Gasteiger partial charge on any atom is 0.139 e. The molecule has 0 aromatic heterocycles. The standard InChI is InChI=1S/C5H10N2O/c1-5(6)7(2)3-4-8/h4,6H,3H2,1-2H3. The van der Waals surface area contributed by atoms with Gasteiger partial charge in [0.1, 0.15) is 6.29 Å². The molecule has 0 fully saturated rings. The van der Waals surface area contributed by atoms with Gasteiger partial charge in [0.2, 0.25) is 0 Å². The number of amidine groups is 1. The SMILES string of the molecule is CC(=N)N(C)CC=O. The second-order valence-electron chi connectivity index (χ2n) is 1.63. The van der Waals surface area contributed by atoms with Crippen molar-refractivity contribution in [3.63, 3.8) is 0 Å². The number of hydrogen-bond acceptors (Lipinski definition) is 2. The summed E-state index contributed by atoms with van der Waals surface area (Å²) in [5, 5.41) is 6.97. The lowest BCUT2D eigenvalue weighted by atomic mass is 10.5. The Balaban J connectivity index is 3.46. The molecular formula is C5H10N2O. The summed E-state index contributed by atoms with van der Waals surface area (Å²) in [6.45, 7) is 1.96. The van der Waals surface area contributed by atoms with Crippen LogP contribution in [0.25, 0.3) is 0 Å². The predicted octanol–water partition coefficient (Wildman–Crippen LogP) is 0.114. The van der Waals surface area contributed by atoms with Crippen LogP contribution in [0.5, 0.6) is 0 Å². The van der Waals surface area contributed by atoms with E-state index < -0.39 is 0 Å². The topological polar surface area (TPSA) is 44.2 Å². The summed E-state index contributed by atoms with van der Waals surface area (Å²) in [5.74, 6) is 0.414.